The average molecular weight is 216 g/mol. The minimum Gasteiger partial charge on any atom is -0.306 e. The first-order chi connectivity index (χ1) is 6.02. The Morgan fingerprint density at radius 3 is 2.15 bits per heavy atom. The highest BCUT2D eigenvalue weighted by Crippen LogP contribution is 2.03. The summed E-state index contributed by atoms with van der Waals surface area (Å²) in [4.78, 5) is 0. The summed E-state index contributed by atoms with van der Waals surface area (Å²) in [6, 6.07) is 8.02. The molecule has 71 valence electrons. The quantitative estimate of drug-likeness (QED) is 0.598. The second-order valence-electron chi connectivity index (χ2n) is 3.07. The number of hydrogen-bond acceptors (Lipinski definition) is 1. The molecule has 13 heavy (non-hydrogen) atoms. The number of halogens is 2. The monoisotopic (exact) mass is 216 g/mol. The SMILES string of the molecule is C[Si](C)N[Si](F)(F)c1ccccc1. The second kappa shape index (κ2) is 4.12. The molecular formula is C8H12F2NSi2. The van der Waals surface area contributed by atoms with Crippen molar-refractivity contribution in [1.29, 1.82) is 0 Å². The Morgan fingerprint density at radius 2 is 1.69 bits per heavy atom. The molecule has 0 bridgehead atoms. The van der Waals surface area contributed by atoms with Gasteiger partial charge < -0.3 is 4.65 Å². The van der Waals surface area contributed by atoms with Crippen LogP contribution in [-0.4, -0.2) is 17.9 Å². The summed E-state index contributed by atoms with van der Waals surface area (Å²) in [5.41, 5.74) is 0. The number of rotatable bonds is 3. The molecule has 1 radical (unpaired) electrons. The third-order valence-electron chi connectivity index (χ3n) is 1.54. The highest BCUT2D eigenvalue weighted by atomic mass is 28.5. The van der Waals surface area contributed by atoms with Crippen molar-refractivity contribution in [3.05, 3.63) is 30.3 Å². The zero-order valence-corrected chi connectivity index (χ0v) is 9.64. The van der Waals surface area contributed by atoms with Gasteiger partial charge in [-0.05, 0) is 0 Å². The fraction of sp³-hybridized carbons (Fsp3) is 0.250. The Kier molecular flexibility index (Phi) is 3.35. The van der Waals surface area contributed by atoms with Crippen LogP contribution in [0.1, 0.15) is 0 Å². The van der Waals surface area contributed by atoms with Gasteiger partial charge in [-0.2, -0.15) is 0 Å². The largest absolute Gasteiger partial charge is 0.531 e. The van der Waals surface area contributed by atoms with Gasteiger partial charge in [0.1, 0.15) is 8.96 Å². The second-order valence-corrected chi connectivity index (χ2v) is 7.79. The molecule has 0 heterocycles. The van der Waals surface area contributed by atoms with Crippen LogP contribution in [0.5, 0.6) is 0 Å². The standard InChI is InChI=1S/C8H12F2NSi2/c1-12(2)11-13(9,10)8-6-4-3-5-7-8/h3-7,11H,1-2H3. The van der Waals surface area contributed by atoms with Crippen LogP contribution in [0.2, 0.25) is 13.1 Å². The van der Waals surface area contributed by atoms with E-state index in [0.29, 0.717) is 0 Å². The number of benzene rings is 1. The van der Waals surface area contributed by atoms with E-state index in [1.54, 1.807) is 18.2 Å². The van der Waals surface area contributed by atoms with E-state index in [-0.39, 0.29) is 5.19 Å². The van der Waals surface area contributed by atoms with E-state index in [4.69, 9.17) is 0 Å². The lowest BCUT2D eigenvalue weighted by atomic mass is 10.4. The summed E-state index contributed by atoms with van der Waals surface area (Å²) in [5, 5.41) is 0.168. The molecule has 5 heteroatoms. The fourth-order valence-electron chi connectivity index (χ4n) is 1.03. The number of nitrogens with one attached hydrogen (secondary N) is 1. The molecule has 0 spiro atoms. The molecular weight excluding hydrogens is 204 g/mol. The molecule has 0 atom stereocenters. The molecule has 0 saturated carbocycles. The van der Waals surface area contributed by atoms with Crippen molar-refractivity contribution in [3.8, 4) is 0 Å². The van der Waals surface area contributed by atoms with Crippen LogP contribution >= 0.6 is 0 Å². The maximum atomic E-state index is 13.5. The van der Waals surface area contributed by atoms with Crippen molar-refractivity contribution in [2.24, 2.45) is 0 Å². The van der Waals surface area contributed by atoms with Crippen molar-refractivity contribution < 1.29 is 8.22 Å². The van der Waals surface area contributed by atoms with Gasteiger partial charge in [-0.1, -0.05) is 43.4 Å². The van der Waals surface area contributed by atoms with Crippen LogP contribution < -0.4 is 9.83 Å². The van der Waals surface area contributed by atoms with E-state index in [1.807, 2.05) is 13.1 Å². The van der Waals surface area contributed by atoms with Gasteiger partial charge in [-0.3, -0.25) is 0 Å². The summed E-state index contributed by atoms with van der Waals surface area (Å²) in [6.45, 7) is 3.66. The predicted octanol–water partition coefficient (Wildman–Crippen LogP) is 1.61. The van der Waals surface area contributed by atoms with Crippen LogP contribution in [0.15, 0.2) is 30.3 Å². The predicted molar refractivity (Wildman–Crippen MR) is 54.7 cm³/mol. The lowest BCUT2D eigenvalue weighted by Gasteiger charge is -2.16. The first-order valence-corrected chi connectivity index (χ1v) is 8.29. The first-order valence-electron chi connectivity index (χ1n) is 4.04. The third kappa shape index (κ3) is 3.02. The van der Waals surface area contributed by atoms with E-state index < -0.39 is 17.9 Å². The summed E-state index contributed by atoms with van der Waals surface area (Å²) < 4.78 is 29.4. The molecule has 1 N–H and O–H groups in total. The van der Waals surface area contributed by atoms with Gasteiger partial charge in [0.05, 0.1) is 0 Å². The van der Waals surface area contributed by atoms with E-state index in [0.717, 1.165) is 0 Å². The Bertz CT molecular complexity index is 264. The van der Waals surface area contributed by atoms with E-state index in [1.165, 1.54) is 12.1 Å². The van der Waals surface area contributed by atoms with Gasteiger partial charge in [0.25, 0.3) is 0 Å². The maximum absolute atomic E-state index is 13.5. The van der Waals surface area contributed by atoms with E-state index >= 15 is 0 Å². The number of hydrogen-bond donors (Lipinski definition) is 1. The van der Waals surface area contributed by atoms with Crippen LogP contribution in [0, 0.1) is 0 Å². The van der Waals surface area contributed by atoms with Crippen LogP contribution in [0.4, 0.5) is 8.22 Å². The Balaban J connectivity index is 2.81. The smallest absolute Gasteiger partial charge is 0.306 e. The molecule has 1 aromatic rings. The van der Waals surface area contributed by atoms with Crippen LogP contribution in [-0.2, 0) is 0 Å². The van der Waals surface area contributed by atoms with Gasteiger partial charge in [0.15, 0.2) is 0 Å². The van der Waals surface area contributed by atoms with E-state index in [9.17, 15) is 8.22 Å². The molecule has 0 saturated heterocycles. The van der Waals surface area contributed by atoms with Crippen LogP contribution in [0.25, 0.3) is 0 Å². The molecule has 0 unspecified atom stereocenters. The third-order valence-corrected chi connectivity index (χ3v) is 5.86. The molecule has 1 nitrogen and oxygen atoms in total. The summed E-state index contributed by atoms with van der Waals surface area (Å²) in [7, 11) is -5.42. The Labute approximate surface area is 79.9 Å². The zero-order chi connectivity index (χ0) is 9.90. The van der Waals surface area contributed by atoms with Crippen molar-refractivity contribution in [1.82, 2.24) is 4.65 Å². The molecule has 0 aliphatic rings. The van der Waals surface area contributed by atoms with Crippen molar-refractivity contribution in [2.75, 3.05) is 0 Å². The lowest BCUT2D eigenvalue weighted by molar-refractivity contribution is 0.614. The van der Waals surface area contributed by atoms with E-state index in [2.05, 4.69) is 4.65 Å². The van der Waals surface area contributed by atoms with Gasteiger partial charge >= 0.3 is 8.90 Å². The summed E-state index contributed by atoms with van der Waals surface area (Å²) >= 11 is 0. The molecule has 0 fully saturated rings. The zero-order valence-electron chi connectivity index (χ0n) is 7.64. The normalized spacial score (nSPS) is 12.1. The topological polar surface area (TPSA) is 12.0 Å². The van der Waals surface area contributed by atoms with Crippen molar-refractivity contribution >= 4 is 23.0 Å². The Hall–Kier alpha value is -0.526. The minimum atomic E-state index is -4.35. The van der Waals surface area contributed by atoms with Crippen LogP contribution in [0.3, 0.4) is 0 Å². The van der Waals surface area contributed by atoms with Gasteiger partial charge in [0.2, 0.25) is 0 Å². The van der Waals surface area contributed by atoms with Gasteiger partial charge in [-0.15, -0.1) is 0 Å². The molecule has 0 amide bonds. The highest BCUT2D eigenvalue weighted by molar-refractivity contribution is 6.85. The lowest BCUT2D eigenvalue weighted by Crippen LogP contribution is -2.57. The average Bonchev–Trinajstić information content (AvgIpc) is 2.04. The van der Waals surface area contributed by atoms with Gasteiger partial charge in [0, 0.05) is 5.19 Å². The molecule has 0 aliphatic heterocycles. The van der Waals surface area contributed by atoms with Crippen molar-refractivity contribution in [3.63, 3.8) is 0 Å². The maximum Gasteiger partial charge on any atom is 0.531 e. The summed E-state index contributed by atoms with van der Waals surface area (Å²) in [6.07, 6.45) is 0. The summed E-state index contributed by atoms with van der Waals surface area (Å²) in [5.74, 6) is 0. The van der Waals surface area contributed by atoms with Gasteiger partial charge in [-0.25, -0.2) is 8.22 Å². The Morgan fingerprint density at radius 1 is 1.15 bits per heavy atom. The van der Waals surface area contributed by atoms with Crippen molar-refractivity contribution in [2.45, 2.75) is 13.1 Å². The molecule has 0 aliphatic carbocycles. The minimum absolute atomic E-state index is 0.168. The molecule has 1 aromatic carbocycles. The first kappa shape index (κ1) is 10.6. The molecule has 0 aromatic heterocycles. The molecule has 1 rings (SSSR count). The fourth-order valence-corrected chi connectivity index (χ4v) is 4.73. The highest BCUT2D eigenvalue weighted by Gasteiger charge is 2.38.